The van der Waals surface area contributed by atoms with Crippen LogP contribution in [-0.4, -0.2) is 26.7 Å². The summed E-state index contributed by atoms with van der Waals surface area (Å²) in [5, 5.41) is 6.53. The Morgan fingerprint density at radius 3 is 2.85 bits per heavy atom. The molecule has 0 spiro atoms. The summed E-state index contributed by atoms with van der Waals surface area (Å²) >= 11 is 1.41. The lowest BCUT2D eigenvalue weighted by Gasteiger charge is -2.20. The van der Waals surface area contributed by atoms with Gasteiger partial charge < -0.3 is 19.9 Å². The van der Waals surface area contributed by atoms with Crippen LogP contribution in [0, 0.1) is 5.41 Å². The van der Waals surface area contributed by atoms with E-state index >= 15 is 0 Å². The number of amides is 1. The van der Waals surface area contributed by atoms with Gasteiger partial charge in [-0.3, -0.25) is 4.79 Å². The Hall–Kier alpha value is -2.61. The maximum Gasteiger partial charge on any atom is 0.246 e. The van der Waals surface area contributed by atoms with Crippen LogP contribution in [0.15, 0.2) is 43.0 Å². The van der Waals surface area contributed by atoms with Gasteiger partial charge in [0.15, 0.2) is 11.4 Å². The molecule has 0 saturated heterocycles. The van der Waals surface area contributed by atoms with Gasteiger partial charge in [0.05, 0.1) is 6.33 Å². The zero-order chi connectivity index (χ0) is 19.9. The summed E-state index contributed by atoms with van der Waals surface area (Å²) in [7, 11) is 0. The SMILES string of the molecule is CC.CC(C)(C)C1=CNC(/C=C/c2cnc(NC(=O)Cn3ccnc3)s2)O1. The van der Waals surface area contributed by atoms with Crippen LogP contribution in [0.5, 0.6) is 0 Å². The highest BCUT2D eigenvalue weighted by Crippen LogP contribution is 2.29. The Morgan fingerprint density at radius 2 is 2.22 bits per heavy atom. The molecule has 0 aromatic carbocycles. The number of thiazole rings is 1. The molecule has 1 unspecified atom stereocenters. The van der Waals surface area contributed by atoms with Crippen molar-refractivity contribution in [2.75, 3.05) is 5.32 Å². The fourth-order valence-electron chi connectivity index (χ4n) is 2.16. The van der Waals surface area contributed by atoms with Gasteiger partial charge in [0, 0.05) is 35.1 Å². The fraction of sp³-hybridized carbons (Fsp3) is 0.421. The van der Waals surface area contributed by atoms with Crippen LogP contribution in [0.4, 0.5) is 5.13 Å². The first-order valence-corrected chi connectivity index (χ1v) is 9.75. The van der Waals surface area contributed by atoms with Crippen molar-refractivity contribution in [2.24, 2.45) is 5.41 Å². The number of ether oxygens (including phenoxy) is 1. The van der Waals surface area contributed by atoms with Gasteiger partial charge in [-0.25, -0.2) is 9.97 Å². The number of hydrogen-bond acceptors (Lipinski definition) is 6. The highest BCUT2D eigenvalue weighted by Gasteiger charge is 2.25. The second-order valence-electron chi connectivity index (χ2n) is 6.67. The summed E-state index contributed by atoms with van der Waals surface area (Å²) < 4.78 is 7.55. The number of nitrogens with one attached hydrogen (secondary N) is 2. The van der Waals surface area contributed by atoms with Crippen LogP contribution in [0.25, 0.3) is 6.08 Å². The quantitative estimate of drug-likeness (QED) is 0.812. The number of nitrogens with zero attached hydrogens (tertiary/aromatic N) is 3. The topological polar surface area (TPSA) is 81.1 Å². The average molecular weight is 390 g/mol. The van der Waals surface area contributed by atoms with E-state index in [2.05, 4.69) is 41.4 Å². The molecule has 1 atom stereocenters. The summed E-state index contributed by atoms with van der Waals surface area (Å²) in [6, 6.07) is 0. The monoisotopic (exact) mass is 389 g/mol. The minimum absolute atomic E-state index is 0.0211. The van der Waals surface area contributed by atoms with Crippen molar-refractivity contribution in [2.45, 2.75) is 47.4 Å². The number of rotatable bonds is 5. The molecule has 0 radical (unpaired) electrons. The summed E-state index contributed by atoms with van der Waals surface area (Å²) in [6.07, 6.45) is 12.3. The lowest BCUT2D eigenvalue weighted by molar-refractivity contribution is -0.116. The normalized spacial score (nSPS) is 16.2. The Kier molecular flexibility index (Phi) is 7.18. The highest BCUT2D eigenvalue weighted by atomic mass is 32.1. The molecule has 1 aliphatic rings. The van der Waals surface area contributed by atoms with Gasteiger partial charge in [-0.05, 0) is 12.2 Å². The first-order chi connectivity index (χ1) is 12.9. The van der Waals surface area contributed by atoms with Crippen LogP contribution in [0.3, 0.4) is 0 Å². The van der Waals surface area contributed by atoms with E-state index in [4.69, 9.17) is 4.74 Å². The molecule has 7 nitrogen and oxygen atoms in total. The smallest absolute Gasteiger partial charge is 0.246 e. The predicted octanol–water partition coefficient (Wildman–Crippen LogP) is 3.85. The molecule has 0 saturated carbocycles. The van der Waals surface area contributed by atoms with Crippen LogP contribution in [0.1, 0.15) is 39.5 Å². The van der Waals surface area contributed by atoms with E-state index in [0.29, 0.717) is 5.13 Å². The van der Waals surface area contributed by atoms with Crippen LogP contribution in [0.2, 0.25) is 0 Å². The zero-order valence-electron chi connectivity index (χ0n) is 16.4. The maximum atomic E-state index is 11.9. The summed E-state index contributed by atoms with van der Waals surface area (Å²) in [5.74, 6) is 0.793. The van der Waals surface area contributed by atoms with Crippen molar-refractivity contribution in [3.8, 4) is 0 Å². The molecule has 2 aromatic rings. The van der Waals surface area contributed by atoms with Crippen LogP contribution in [-0.2, 0) is 16.1 Å². The number of carbonyl (C=O) groups is 1. The number of allylic oxidation sites excluding steroid dienone is 1. The maximum absolute atomic E-state index is 11.9. The van der Waals surface area contributed by atoms with Gasteiger partial charge in [0.2, 0.25) is 5.91 Å². The molecular formula is C19H27N5O2S. The molecule has 0 bridgehead atoms. The second-order valence-corrected chi connectivity index (χ2v) is 7.74. The molecule has 3 heterocycles. The molecule has 3 rings (SSSR count). The summed E-state index contributed by atoms with van der Waals surface area (Å²) in [5.41, 5.74) is -0.0211. The minimum Gasteiger partial charge on any atom is -0.469 e. The van der Waals surface area contributed by atoms with Crippen molar-refractivity contribution >= 4 is 28.5 Å². The van der Waals surface area contributed by atoms with Gasteiger partial charge in [0.25, 0.3) is 0 Å². The molecule has 0 fully saturated rings. The van der Waals surface area contributed by atoms with Gasteiger partial charge in [-0.1, -0.05) is 46.0 Å². The van der Waals surface area contributed by atoms with Gasteiger partial charge in [-0.15, -0.1) is 0 Å². The Labute approximate surface area is 164 Å². The van der Waals surface area contributed by atoms with Crippen molar-refractivity contribution in [3.63, 3.8) is 0 Å². The molecule has 27 heavy (non-hydrogen) atoms. The molecule has 2 aromatic heterocycles. The second kappa shape index (κ2) is 9.36. The molecule has 1 amide bonds. The number of carbonyl (C=O) groups excluding carboxylic acids is 1. The van der Waals surface area contributed by atoms with E-state index in [1.54, 1.807) is 29.5 Å². The van der Waals surface area contributed by atoms with Crippen molar-refractivity contribution in [1.82, 2.24) is 19.9 Å². The van der Waals surface area contributed by atoms with Gasteiger partial charge in [-0.2, -0.15) is 0 Å². The predicted molar refractivity (Wildman–Crippen MR) is 109 cm³/mol. The van der Waals surface area contributed by atoms with Crippen LogP contribution >= 0.6 is 11.3 Å². The lowest BCUT2D eigenvalue weighted by Crippen LogP contribution is -2.19. The van der Waals surface area contributed by atoms with Crippen molar-refractivity contribution in [3.05, 3.63) is 47.8 Å². The molecule has 146 valence electrons. The van der Waals surface area contributed by atoms with Gasteiger partial charge >= 0.3 is 0 Å². The van der Waals surface area contributed by atoms with E-state index < -0.39 is 0 Å². The molecular weight excluding hydrogens is 362 g/mol. The van der Waals surface area contributed by atoms with Crippen LogP contribution < -0.4 is 10.6 Å². The summed E-state index contributed by atoms with van der Waals surface area (Å²) in [6.45, 7) is 10.5. The first-order valence-electron chi connectivity index (χ1n) is 8.93. The molecule has 1 aliphatic heterocycles. The Bertz CT molecular complexity index is 787. The summed E-state index contributed by atoms with van der Waals surface area (Å²) in [4.78, 5) is 21.0. The third kappa shape index (κ3) is 6.25. The average Bonchev–Trinajstić information content (AvgIpc) is 3.36. The zero-order valence-corrected chi connectivity index (χ0v) is 17.2. The number of imidazole rings is 1. The van der Waals surface area contributed by atoms with E-state index in [1.165, 1.54) is 11.3 Å². The number of aromatic nitrogens is 3. The van der Waals surface area contributed by atoms with E-state index in [1.807, 2.05) is 32.2 Å². The largest absolute Gasteiger partial charge is 0.469 e. The number of hydrogen-bond donors (Lipinski definition) is 2. The van der Waals surface area contributed by atoms with E-state index in [9.17, 15) is 4.79 Å². The Balaban J connectivity index is 0.00000126. The first kappa shape index (κ1) is 20.7. The minimum atomic E-state index is -0.185. The van der Waals surface area contributed by atoms with E-state index in [-0.39, 0.29) is 24.1 Å². The third-order valence-electron chi connectivity index (χ3n) is 3.46. The Morgan fingerprint density at radius 1 is 1.44 bits per heavy atom. The third-order valence-corrected chi connectivity index (χ3v) is 4.34. The number of anilines is 1. The molecule has 0 aliphatic carbocycles. The fourth-order valence-corrected chi connectivity index (χ4v) is 2.90. The van der Waals surface area contributed by atoms with E-state index in [0.717, 1.165) is 10.6 Å². The van der Waals surface area contributed by atoms with Crippen molar-refractivity contribution < 1.29 is 9.53 Å². The lowest BCUT2D eigenvalue weighted by atomic mass is 9.95. The standard InChI is InChI=1S/C17H21N5O2S.C2H6/c1-17(2,3)13-9-19-15(24-13)5-4-12-8-20-16(25-12)21-14(23)10-22-7-6-18-11-22;1-2/h4-9,11,15,19H,10H2,1-3H3,(H,20,21,23);1-2H3/b5-4+;. The molecule has 2 N–H and O–H groups in total. The highest BCUT2D eigenvalue weighted by molar-refractivity contribution is 7.16. The molecule has 8 heteroatoms. The van der Waals surface area contributed by atoms with Gasteiger partial charge in [0.1, 0.15) is 12.3 Å². The van der Waals surface area contributed by atoms with Crippen molar-refractivity contribution in [1.29, 1.82) is 0 Å².